The summed E-state index contributed by atoms with van der Waals surface area (Å²) in [6.45, 7) is 13.0. The number of aryl methyl sites for hydroxylation is 1. The molecule has 0 aliphatic carbocycles. The first kappa shape index (κ1) is 25.7. The lowest BCUT2D eigenvalue weighted by Crippen LogP contribution is -2.43. The van der Waals surface area contributed by atoms with Gasteiger partial charge >= 0.3 is 0 Å². The molecule has 4 aromatic rings. The zero-order chi connectivity index (χ0) is 26.9. The molecule has 1 saturated heterocycles. The molecule has 0 bridgehead atoms. The maximum absolute atomic E-state index is 12.9. The molecule has 0 radical (unpaired) electrons. The predicted molar refractivity (Wildman–Crippen MR) is 143 cm³/mol. The quantitative estimate of drug-likeness (QED) is 0.412. The van der Waals surface area contributed by atoms with E-state index in [1.807, 2.05) is 40.1 Å². The Morgan fingerprint density at radius 2 is 1.87 bits per heavy atom. The van der Waals surface area contributed by atoms with Crippen LogP contribution in [0, 0.1) is 6.92 Å². The smallest absolute Gasteiger partial charge is 0.258 e. The highest BCUT2D eigenvalue weighted by Crippen LogP contribution is 2.25. The van der Waals surface area contributed by atoms with Crippen LogP contribution in [0.2, 0.25) is 0 Å². The van der Waals surface area contributed by atoms with Crippen LogP contribution in [0.15, 0.2) is 47.5 Å². The third-order valence-corrected chi connectivity index (χ3v) is 6.65. The molecule has 38 heavy (non-hydrogen) atoms. The lowest BCUT2D eigenvalue weighted by atomic mass is 9.93. The number of carbonyl (C=O) groups is 1. The molecule has 1 N–H and O–H groups in total. The van der Waals surface area contributed by atoms with Crippen molar-refractivity contribution in [3.8, 4) is 16.9 Å². The third-order valence-electron chi connectivity index (χ3n) is 6.65. The summed E-state index contributed by atoms with van der Waals surface area (Å²) in [7, 11) is 2.15. The van der Waals surface area contributed by atoms with Crippen molar-refractivity contribution in [2.45, 2.75) is 39.7 Å². The molecular formula is C27H33N9O2. The highest BCUT2D eigenvalue weighted by atomic mass is 16.5. The van der Waals surface area contributed by atoms with E-state index in [-0.39, 0.29) is 11.3 Å². The molecule has 5 heterocycles. The number of piperazine rings is 1. The monoisotopic (exact) mass is 515 g/mol. The van der Waals surface area contributed by atoms with Crippen molar-refractivity contribution in [2.75, 3.05) is 38.5 Å². The van der Waals surface area contributed by atoms with E-state index in [0.29, 0.717) is 28.5 Å². The number of aromatic nitrogens is 6. The summed E-state index contributed by atoms with van der Waals surface area (Å²) in [4.78, 5) is 26.6. The van der Waals surface area contributed by atoms with Gasteiger partial charge in [0.1, 0.15) is 11.5 Å². The molecule has 0 saturated carbocycles. The van der Waals surface area contributed by atoms with Crippen molar-refractivity contribution in [1.29, 1.82) is 0 Å². The molecule has 11 nitrogen and oxygen atoms in total. The van der Waals surface area contributed by atoms with Crippen LogP contribution >= 0.6 is 0 Å². The second kappa shape index (κ2) is 10.4. The summed E-state index contributed by atoms with van der Waals surface area (Å²) in [5, 5.41) is 15.4. The number of hydrogen-bond acceptors (Lipinski definition) is 9. The largest absolute Gasteiger partial charge is 0.359 e. The summed E-state index contributed by atoms with van der Waals surface area (Å²) in [6.07, 6.45) is 7.06. The van der Waals surface area contributed by atoms with Crippen LogP contribution in [-0.2, 0) is 12.0 Å². The number of anilines is 1. The molecular weight excluding hydrogens is 482 g/mol. The summed E-state index contributed by atoms with van der Waals surface area (Å²) in [5.41, 5.74) is 4.27. The summed E-state index contributed by atoms with van der Waals surface area (Å²) >= 11 is 0. The van der Waals surface area contributed by atoms with Gasteiger partial charge in [-0.2, -0.15) is 0 Å². The number of amides is 1. The van der Waals surface area contributed by atoms with E-state index >= 15 is 0 Å². The van der Waals surface area contributed by atoms with Gasteiger partial charge in [0, 0.05) is 68.4 Å². The second-order valence-electron chi connectivity index (χ2n) is 10.8. The summed E-state index contributed by atoms with van der Waals surface area (Å²) in [6, 6.07) is 5.58. The van der Waals surface area contributed by atoms with Crippen LogP contribution in [-0.4, -0.2) is 79.1 Å². The number of nitrogens with one attached hydrogen (secondary N) is 1. The van der Waals surface area contributed by atoms with Crippen LogP contribution in [0.25, 0.3) is 16.9 Å². The van der Waals surface area contributed by atoms with Crippen molar-refractivity contribution < 1.29 is 9.32 Å². The average Bonchev–Trinajstić information content (AvgIpc) is 3.56. The zero-order valence-electron chi connectivity index (χ0n) is 22.5. The van der Waals surface area contributed by atoms with E-state index in [4.69, 9.17) is 4.52 Å². The maximum Gasteiger partial charge on any atom is 0.258 e. The molecule has 1 amide bonds. The van der Waals surface area contributed by atoms with Gasteiger partial charge < -0.3 is 14.7 Å². The van der Waals surface area contributed by atoms with Crippen LogP contribution in [0.3, 0.4) is 0 Å². The summed E-state index contributed by atoms with van der Waals surface area (Å²) < 4.78 is 7.00. The Hall–Kier alpha value is -3.96. The predicted octanol–water partition coefficient (Wildman–Crippen LogP) is 3.32. The highest BCUT2D eigenvalue weighted by molar-refractivity contribution is 6.03. The number of carbonyl (C=O) groups excluding carboxylic acids is 1. The lowest BCUT2D eigenvalue weighted by molar-refractivity contribution is 0.102. The molecule has 198 valence electrons. The number of hydrogen-bond donors (Lipinski definition) is 1. The minimum Gasteiger partial charge on any atom is -0.359 e. The number of nitrogens with zero attached hydrogens (tertiary/aromatic N) is 8. The fourth-order valence-corrected chi connectivity index (χ4v) is 4.25. The SMILES string of the molecule is Cc1ncc(C(=O)Nc2cc(C(C)(C)C)on2)cc1-n1cc(-c2cncc(CN3CCN(C)CC3)c2)nn1. The van der Waals surface area contributed by atoms with Crippen LogP contribution < -0.4 is 5.32 Å². The van der Waals surface area contributed by atoms with Crippen molar-refractivity contribution in [2.24, 2.45) is 0 Å². The molecule has 1 aliphatic heterocycles. The zero-order valence-corrected chi connectivity index (χ0v) is 22.5. The van der Waals surface area contributed by atoms with Crippen molar-refractivity contribution in [3.05, 3.63) is 65.6 Å². The van der Waals surface area contributed by atoms with Gasteiger partial charge in [-0.3, -0.25) is 19.7 Å². The normalized spacial score (nSPS) is 15.1. The van der Waals surface area contributed by atoms with E-state index in [2.05, 4.69) is 53.7 Å². The third kappa shape index (κ3) is 5.79. The van der Waals surface area contributed by atoms with Gasteiger partial charge in [0.05, 0.1) is 23.1 Å². The van der Waals surface area contributed by atoms with Crippen LogP contribution in [0.4, 0.5) is 5.82 Å². The molecule has 1 aliphatic rings. The Kier molecular flexibility index (Phi) is 7.04. The molecule has 4 aromatic heterocycles. The van der Waals surface area contributed by atoms with Gasteiger partial charge in [0.15, 0.2) is 5.82 Å². The second-order valence-corrected chi connectivity index (χ2v) is 10.8. The Morgan fingerprint density at radius 3 is 2.61 bits per heavy atom. The van der Waals surface area contributed by atoms with E-state index in [1.54, 1.807) is 23.0 Å². The first-order chi connectivity index (χ1) is 18.2. The van der Waals surface area contributed by atoms with Gasteiger partial charge in [-0.15, -0.1) is 5.10 Å². The van der Waals surface area contributed by atoms with Crippen molar-refractivity contribution >= 4 is 11.7 Å². The number of rotatable bonds is 6. The summed E-state index contributed by atoms with van der Waals surface area (Å²) in [5.74, 6) is 0.704. The first-order valence-electron chi connectivity index (χ1n) is 12.7. The molecule has 5 rings (SSSR count). The Morgan fingerprint density at radius 1 is 1.08 bits per heavy atom. The molecule has 0 aromatic carbocycles. The Bertz CT molecular complexity index is 1430. The minimum atomic E-state index is -0.339. The van der Waals surface area contributed by atoms with E-state index < -0.39 is 0 Å². The first-order valence-corrected chi connectivity index (χ1v) is 12.7. The fourth-order valence-electron chi connectivity index (χ4n) is 4.25. The van der Waals surface area contributed by atoms with Gasteiger partial charge in [-0.1, -0.05) is 31.1 Å². The average molecular weight is 516 g/mol. The standard InChI is InChI=1S/C27H33N9O2/c1-18-23(11-21(15-29-18)26(37)30-25-12-24(38-32-25)27(2,3)4)36-17-22(31-33-36)20-10-19(13-28-14-20)16-35-8-6-34(5)7-9-35/h10-15,17H,6-9,16H2,1-5H3,(H,30,32,37). The number of likely N-dealkylation sites (N-methyl/N-ethyl adjacent to an activating group) is 1. The maximum atomic E-state index is 12.9. The molecule has 1 fully saturated rings. The van der Waals surface area contributed by atoms with Crippen LogP contribution in [0.5, 0.6) is 0 Å². The molecule has 11 heteroatoms. The van der Waals surface area contributed by atoms with Gasteiger partial charge in [-0.05, 0) is 31.7 Å². The Labute approximate surface area is 221 Å². The van der Waals surface area contributed by atoms with Gasteiger partial charge in [0.25, 0.3) is 5.91 Å². The molecule has 0 atom stereocenters. The van der Waals surface area contributed by atoms with Crippen LogP contribution in [0.1, 0.15) is 48.1 Å². The van der Waals surface area contributed by atoms with E-state index in [0.717, 1.165) is 49.5 Å². The highest BCUT2D eigenvalue weighted by Gasteiger charge is 2.21. The van der Waals surface area contributed by atoms with Crippen molar-refractivity contribution in [1.82, 2.24) is 39.9 Å². The Balaban J connectivity index is 1.32. The minimum absolute atomic E-state index is 0.209. The fraction of sp³-hybridized carbons (Fsp3) is 0.407. The van der Waals surface area contributed by atoms with E-state index in [9.17, 15) is 4.79 Å². The van der Waals surface area contributed by atoms with Crippen molar-refractivity contribution in [3.63, 3.8) is 0 Å². The molecule has 0 unspecified atom stereocenters. The topological polar surface area (TPSA) is 118 Å². The molecule has 0 spiro atoms. The van der Waals surface area contributed by atoms with Gasteiger partial charge in [-0.25, -0.2) is 4.68 Å². The lowest BCUT2D eigenvalue weighted by Gasteiger charge is -2.32. The number of pyridine rings is 2. The van der Waals surface area contributed by atoms with Gasteiger partial charge in [0.2, 0.25) is 0 Å². The van der Waals surface area contributed by atoms with E-state index in [1.165, 1.54) is 6.20 Å².